The van der Waals surface area contributed by atoms with Gasteiger partial charge in [0.1, 0.15) is 5.52 Å². The average Bonchev–Trinajstić information content (AvgIpc) is 2.66. The number of nitrogens with zero attached hydrogens (tertiary/aromatic N) is 4. The molecule has 0 spiro atoms. The predicted octanol–water partition coefficient (Wildman–Crippen LogP) is 6.17. The lowest BCUT2D eigenvalue weighted by molar-refractivity contribution is -0.141. The summed E-state index contributed by atoms with van der Waals surface area (Å²) in [4.78, 5) is 7.86. The van der Waals surface area contributed by atoms with Crippen molar-refractivity contribution in [3.05, 3.63) is 58.9 Å². The van der Waals surface area contributed by atoms with Crippen LogP contribution in [0.1, 0.15) is 43.3 Å². The second-order valence-electron chi connectivity index (χ2n) is 8.50. The highest BCUT2D eigenvalue weighted by Gasteiger charge is 2.36. The van der Waals surface area contributed by atoms with Gasteiger partial charge >= 0.3 is 6.18 Å². The maximum Gasteiger partial charge on any atom is 0.435 e. The zero-order valence-corrected chi connectivity index (χ0v) is 17.4. The summed E-state index contributed by atoms with van der Waals surface area (Å²) in [7, 11) is 0. The fourth-order valence-corrected chi connectivity index (χ4v) is 3.73. The maximum atomic E-state index is 13.2. The third-order valence-electron chi connectivity index (χ3n) is 5.22. The van der Waals surface area contributed by atoms with Gasteiger partial charge in [-0.15, -0.1) is 10.2 Å². The molecule has 0 amide bonds. The second-order valence-corrected chi connectivity index (χ2v) is 8.50. The molecular weight excluding hydrogens is 389 g/mol. The number of hydrogen-bond acceptors (Lipinski definition) is 4. The highest BCUT2D eigenvalue weighted by molar-refractivity contribution is 5.92. The molecule has 0 atom stereocenters. The largest absolute Gasteiger partial charge is 0.435 e. The average molecular weight is 410 g/mol. The fourth-order valence-electron chi connectivity index (χ4n) is 3.73. The van der Waals surface area contributed by atoms with Gasteiger partial charge in [0.15, 0.2) is 5.69 Å². The molecule has 0 saturated carbocycles. The standard InChI is InChI=1S/C23H21F3N4/c1-12-18(29-30-21-19(12)27-13(2)20(28-21)23(24,25)26)15-10-14-8-6-7-9-16(14)17(11-15)22(3,4)5/h6-11H,1-5H3. The first-order valence-electron chi connectivity index (χ1n) is 9.59. The SMILES string of the molecule is Cc1nc2c(C)c(-c3cc(C(C)(C)C)c4ccccc4c3)nnc2nc1C(F)(F)F. The Bertz CT molecular complexity index is 1290. The molecule has 0 radical (unpaired) electrons. The molecular formula is C23H21F3N4. The summed E-state index contributed by atoms with van der Waals surface area (Å²) >= 11 is 0. The van der Waals surface area contributed by atoms with E-state index in [2.05, 4.69) is 53.1 Å². The monoisotopic (exact) mass is 410 g/mol. The van der Waals surface area contributed by atoms with Crippen molar-refractivity contribution in [1.29, 1.82) is 0 Å². The topological polar surface area (TPSA) is 51.6 Å². The quantitative estimate of drug-likeness (QED) is 0.376. The molecule has 0 bridgehead atoms. The third kappa shape index (κ3) is 3.38. The molecule has 4 nitrogen and oxygen atoms in total. The number of benzene rings is 2. The smallest absolute Gasteiger partial charge is 0.247 e. The first-order valence-corrected chi connectivity index (χ1v) is 9.59. The molecule has 4 rings (SSSR count). The van der Waals surface area contributed by atoms with Crippen molar-refractivity contribution in [2.75, 3.05) is 0 Å². The summed E-state index contributed by atoms with van der Waals surface area (Å²) in [5.41, 5.74) is 2.17. The molecule has 2 heterocycles. The minimum absolute atomic E-state index is 0.105. The van der Waals surface area contributed by atoms with Gasteiger partial charge in [-0.3, -0.25) is 0 Å². The van der Waals surface area contributed by atoms with Gasteiger partial charge in [0.25, 0.3) is 0 Å². The minimum Gasteiger partial charge on any atom is -0.247 e. The molecule has 0 unspecified atom stereocenters. The van der Waals surface area contributed by atoms with E-state index in [9.17, 15) is 13.2 Å². The Morgan fingerprint density at radius 2 is 1.57 bits per heavy atom. The van der Waals surface area contributed by atoms with Crippen LogP contribution in [0.5, 0.6) is 0 Å². The molecule has 0 aliphatic carbocycles. The van der Waals surface area contributed by atoms with E-state index in [0.29, 0.717) is 16.8 Å². The van der Waals surface area contributed by atoms with Crippen LogP contribution in [0.25, 0.3) is 33.2 Å². The number of fused-ring (bicyclic) bond motifs is 2. The van der Waals surface area contributed by atoms with Crippen LogP contribution in [0.3, 0.4) is 0 Å². The molecule has 30 heavy (non-hydrogen) atoms. The van der Waals surface area contributed by atoms with Crippen LogP contribution in [0, 0.1) is 13.8 Å². The zero-order valence-electron chi connectivity index (χ0n) is 17.4. The fraction of sp³-hybridized carbons (Fsp3) is 0.304. The Labute approximate surface area is 172 Å². The van der Waals surface area contributed by atoms with Gasteiger partial charge in [0.05, 0.1) is 11.4 Å². The molecule has 2 aromatic carbocycles. The summed E-state index contributed by atoms with van der Waals surface area (Å²) in [5, 5.41) is 10.4. The highest BCUT2D eigenvalue weighted by atomic mass is 19.4. The molecule has 0 aliphatic heterocycles. The Balaban J connectivity index is 1.98. The van der Waals surface area contributed by atoms with E-state index in [-0.39, 0.29) is 16.8 Å². The van der Waals surface area contributed by atoms with Crippen molar-refractivity contribution in [2.45, 2.75) is 46.2 Å². The summed E-state index contributed by atoms with van der Waals surface area (Å²) < 4.78 is 39.5. The molecule has 4 aromatic rings. The third-order valence-corrected chi connectivity index (χ3v) is 5.22. The number of halogens is 3. The lowest BCUT2D eigenvalue weighted by Crippen LogP contribution is -2.14. The Morgan fingerprint density at radius 3 is 2.23 bits per heavy atom. The van der Waals surface area contributed by atoms with E-state index < -0.39 is 11.9 Å². The maximum absolute atomic E-state index is 13.2. The van der Waals surface area contributed by atoms with Crippen molar-refractivity contribution in [2.24, 2.45) is 0 Å². The van der Waals surface area contributed by atoms with E-state index in [1.54, 1.807) is 6.92 Å². The first kappa shape index (κ1) is 20.2. The lowest BCUT2D eigenvalue weighted by atomic mass is 9.82. The van der Waals surface area contributed by atoms with Gasteiger partial charge in [-0.05, 0) is 47.7 Å². The van der Waals surface area contributed by atoms with Crippen molar-refractivity contribution in [3.8, 4) is 11.3 Å². The summed E-state index contributed by atoms with van der Waals surface area (Å²) in [6, 6.07) is 12.2. The molecule has 7 heteroatoms. The molecule has 2 aromatic heterocycles. The van der Waals surface area contributed by atoms with E-state index >= 15 is 0 Å². The molecule has 0 fully saturated rings. The van der Waals surface area contributed by atoms with Crippen LogP contribution in [0.2, 0.25) is 0 Å². The van der Waals surface area contributed by atoms with Gasteiger partial charge in [0, 0.05) is 11.1 Å². The van der Waals surface area contributed by atoms with Gasteiger partial charge in [-0.25, -0.2) is 9.97 Å². The lowest BCUT2D eigenvalue weighted by Gasteiger charge is -2.23. The second kappa shape index (κ2) is 6.72. The molecule has 154 valence electrons. The van der Waals surface area contributed by atoms with E-state index in [4.69, 9.17) is 0 Å². The molecule has 0 saturated heterocycles. The Morgan fingerprint density at radius 1 is 0.867 bits per heavy atom. The van der Waals surface area contributed by atoms with E-state index in [0.717, 1.165) is 21.9 Å². The van der Waals surface area contributed by atoms with E-state index in [1.807, 2.05) is 24.3 Å². The Kier molecular flexibility index (Phi) is 4.52. The number of aromatic nitrogens is 4. The summed E-state index contributed by atoms with van der Waals surface area (Å²) in [6.07, 6.45) is -4.58. The van der Waals surface area contributed by atoms with Crippen molar-refractivity contribution < 1.29 is 13.2 Å². The number of rotatable bonds is 1. The van der Waals surface area contributed by atoms with Crippen molar-refractivity contribution in [3.63, 3.8) is 0 Å². The number of aryl methyl sites for hydroxylation is 2. The number of alkyl halides is 3. The van der Waals surface area contributed by atoms with Crippen LogP contribution in [0.15, 0.2) is 36.4 Å². The van der Waals surface area contributed by atoms with Crippen LogP contribution in [0.4, 0.5) is 13.2 Å². The van der Waals surface area contributed by atoms with Crippen LogP contribution >= 0.6 is 0 Å². The first-order chi connectivity index (χ1) is 14.0. The van der Waals surface area contributed by atoms with Crippen molar-refractivity contribution >= 4 is 21.9 Å². The van der Waals surface area contributed by atoms with E-state index in [1.165, 1.54) is 6.92 Å². The van der Waals surface area contributed by atoms with Crippen molar-refractivity contribution in [1.82, 2.24) is 20.2 Å². The van der Waals surface area contributed by atoms with Crippen LogP contribution in [-0.4, -0.2) is 20.2 Å². The van der Waals surface area contributed by atoms with Gasteiger partial charge in [-0.1, -0.05) is 45.0 Å². The van der Waals surface area contributed by atoms with Gasteiger partial charge in [-0.2, -0.15) is 13.2 Å². The zero-order chi connectivity index (χ0) is 21.8. The summed E-state index contributed by atoms with van der Waals surface area (Å²) in [6.45, 7) is 9.53. The normalized spacial score (nSPS) is 12.7. The number of hydrogen-bond donors (Lipinski definition) is 0. The minimum atomic E-state index is -4.58. The van der Waals surface area contributed by atoms with Gasteiger partial charge < -0.3 is 0 Å². The Hall–Kier alpha value is -3.09. The predicted molar refractivity (Wildman–Crippen MR) is 111 cm³/mol. The van der Waals surface area contributed by atoms with Crippen LogP contribution < -0.4 is 0 Å². The molecule has 0 N–H and O–H groups in total. The summed E-state index contributed by atoms with van der Waals surface area (Å²) in [5.74, 6) is 0. The highest BCUT2D eigenvalue weighted by Crippen LogP contribution is 2.36. The molecule has 0 aliphatic rings. The van der Waals surface area contributed by atoms with Crippen LogP contribution in [-0.2, 0) is 11.6 Å². The van der Waals surface area contributed by atoms with Gasteiger partial charge in [0.2, 0.25) is 5.65 Å².